The molecule has 206 valence electrons. The Balaban J connectivity index is 1.41. The number of nitrogens with one attached hydrogen (secondary N) is 1. The lowest BCUT2D eigenvalue weighted by Crippen LogP contribution is -2.49. The standard InChI is InChI=1S/C28H31FN4O6/c1-30-27(35)19-15-33(17-5-6-17)21-14-22(20(29)13-18(21)25(19)34)31-7-9-32(10-8-31)28(36)16-11-23(37-2)26(39-4)24(12-16)38-3/h11-15,17H,5-10H2,1-4H3,(H,30,35). The number of nitrogens with zero attached hydrogens (tertiary/aromatic N) is 3. The normalized spacial score (nSPS) is 15.3. The monoisotopic (exact) mass is 538 g/mol. The van der Waals surface area contributed by atoms with E-state index in [1.807, 2.05) is 9.47 Å². The minimum atomic E-state index is -0.541. The number of carbonyl (C=O) groups is 2. The average Bonchev–Trinajstić information content (AvgIpc) is 3.81. The van der Waals surface area contributed by atoms with Gasteiger partial charge in [-0.2, -0.15) is 0 Å². The van der Waals surface area contributed by atoms with Crippen molar-refractivity contribution in [2.75, 3.05) is 59.5 Å². The van der Waals surface area contributed by atoms with Gasteiger partial charge in [0.15, 0.2) is 11.5 Å². The highest BCUT2D eigenvalue weighted by molar-refractivity contribution is 5.98. The Morgan fingerprint density at radius 1 is 0.949 bits per heavy atom. The lowest BCUT2D eigenvalue weighted by Gasteiger charge is -2.36. The first-order valence-corrected chi connectivity index (χ1v) is 12.8. The van der Waals surface area contributed by atoms with Gasteiger partial charge in [0.25, 0.3) is 11.8 Å². The van der Waals surface area contributed by atoms with E-state index >= 15 is 4.39 Å². The van der Waals surface area contributed by atoms with Crippen molar-refractivity contribution in [1.29, 1.82) is 0 Å². The number of carbonyl (C=O) groups excluding carboxylic acids is 2. The Labute approximate surface area is 224 Å². The third-order valence-corrected chi connectivity index (χ3v) is 7.33. The summed E-state index contributed by atoms with van der Waals surface area (Å²) in [4.78, 5) is 42.2. The SMILES string of the molecule is CNC(=O)c1cn(C2CC2)c2cc(N3CCN(C(=O)c4cc(OC)c(OC)c(OC)c4)CC3)c(F)cc2c1=O. The molecular weight excluding hydrogens is 507 g/mol. The lowest BCUT2D eigenvalue weighted by molar-refractivity contribution is 0.0745. The molecule has 0 spiro atoms. The van der Waals surface area contributed by atoms with E-state index < -0.39 is 17.2 Å². The zero-order valence-electron chi connectivity index (χ0n) is 22.4. The fourth-order valence-electron chi connectivity index (χ4n) is 5.09. The number of benzene rings is 2. The molecule has 2 aliphatic rings. The van der Waals surface area contributed by atoms with Gasteiger partial charge in [-0.05, 0) is 37.1 Å². The molecule has 2 heterocycles. The van der Waals surface area contributed by atoms with Crippen LogP contribution >= 0.6 is 0 Å². The summed E-state index contributed by atoms with van der Waals surface area (Å²) < 4.78 is 33.4. The van der Waals surface area contributed by atoms with E-state index in [-0.39, 0.29) is 22.9 Å². The predicted molar refractivity (Wildman–Crippen MR) is 144 cm³/mol. The van der Waals surface area contributed by atoms with Crippen LogP contribution in [0.2, 0.25) is 0 Å². The molecule has 0 radical (unpaired) electrons. The summed E-state index contributed by atoms with van der Waals surface area (Å²) in [5.74, 6) is -0.0525. The maximum Gasteiger partial charge on any atom is 0.256 e. The van der Waals surface area contributed by atoms with Gasteiger partial charge in [-0.3, -0.25) is 14.4 Å². The molecule has 1 aliphatic carbocycles. The van der Waals surface area contributed by atoms with Gasteiger partial charge in [-0.15, -0.1) is 0 Å². The van der Waals surface area contributed by atoms with E-state index in [9.17, 15) is 14.4 Å². The molecule has 2 fully saturated rings. The van der Waals surface area contributed by atoms with E-state index in [0.29, 0.717) is 60.2 Å². The van der Waals surface area contributed by atoms with Crippen LogP contribution < -0.4 is 29.9 Å². The fraction of sp³-hybridized carbons (Fsp3) is 0.393. The molecule has 5 rings (SSSR count). The van der Waals surface area contributed by atoms with Crippen LogP contribution in [-0.2, 0) is 0 Å². The first-order chi connectivity index (χ1) is 18.8. The second kappa shape index (κ2) is 10.5. The third kappa shape index (κ3) is 4.73. The number of piperazine rings is 1. The molecule has 1 N–H and O–H groups in total. The molecule has 2 amide bonds. The molecule has 1 saturated carbocycles. The number of fused-ring (bicyclic) bond motifs is 1. The zero-order chi connectivity index (χ0) is 27.8. The van der Waals surface area contributed by atoms with E-state index in [2.05, 4.69) is 5.32 Å². The average molecular weight is 539 g/mol. The Morgan fingerprint density at radius 2 is 1.59 bits per heavy atom. The first kappa shape index (κ1) is 26.3. The van der Waals surface area contributed by atoms with Crippen LogP contribution in [0.4, 0.5) is 10.1 Å². The summed E-state index contributed by atoms with van der Waals surface area (Å²) in [7, 11) is 5.94. The number of ether oxygens (including phenoxy) is 3. The molecule has 1 aromatic heterocycles. The molecule has 1 saturated heterocycles. The van der Waals surface area contributed by atoms with Gasteiger partial charge in [-0.1, -0.05) is 0 Å². The van der Waals surface area contributed by atoms with Crippen LogP contribution in [0.25, 0.3) is 10.9 Å². The highest BCUT2D eigenvalue weighted by Crippen LogP contribution is 2.39. The van der Waals surface area contributed by atoms with Gasteiger partial charge in [0.05, 0.1) is 32.5 Å². The number of pyridine rings is 1. The molecule has 1 aliphatic heterocycles. The van der Waals surface area contributed by atoms with E-state index in [1.54, 1.807) is 29.3 Å². The van der Waals surface area contributed by atoms with Crippen molar-refractivity contribution >= 4 is 28.4 Å². The maximum absolute atomic E-state index is 15.4. The summed E-state index contributed by atoms with van der Waals surface area (Å²) in [5.41, 5.74) is 0.872. The number of hydrogen-bond donors (Lipinski definition) is 1. The molecule has 39 heavy (non-hydrogen) atoms. The van der Waals surface area contributed by atoms with Crippen LogP contribution in [0.5, 0.6) is 17.2 Å². The predicted octanol–water partition coefficient (Wildman–Crippen LogP) is 2.82. The molecule has 0 atom stereocenters. The number of anilines is 1. The zero-order valence-corrected chi connectivity index (χ0v) is 22.4. The van der Waals surface area contributed by atoms with Crippen molar-refractivity contribution < 1.29 is 28.2 Å². The number of hydrogen-bond acceptors (Lipinski definition) is 7. The molecule has 11 heteroatoms. The van der Waals surface area contributed by atoms with Crippen molar-refractivity contribution in [2.24, 2.45) is 0 Å². The Bertz CT molecular complexity index is 1480. The van der Waals surface area contributed by atoms with Crippen LogP contribution in [0.1, 0.15) is 39.6 Å². The summed E-state index contributed by atoms with van der Waals surface area (Å²) in [6.45, 7) is 1.56. The largest absolute Gasteiger partial charge is 0.493 e. The van der Waals surface area contributed by atoms with Crippen LogP contribution in [0, 0.1) is 5.82 Å². The highest BCUT2D eigenvalue weighted by atomic mass is 19.1. The van der Waals surface area contributed by atoms with Crippen molar-refractivity contribution in [1.82, 2.24) is 14.8 Å². The second-order valence-electron chi connectivity index (χ2n) is 9.60. The first-order valence-electron chi connectivity index (χ1n) is 12.8. The summed E-state index contributed by atoms with van der Waals surface area (Å²) in [6.07, 6.45) is 3.44. The molecule has 2 aromatic carbocycles. The van der Waals surface area contributed by atoms with Gasteiger partial charge in [-0.25, -0.2) is 4.39 Å². The number of rotatable bonds is 7. The van der Waals surface area contributed by atoms with Crippen LogP contribution in [-0.4, -0.2) is 75.8 Å². The lowest BCUT2D eigenvalue weighted by atomic mass is 10.1. The van der Waals surface area contributed by atoms with E-state index in [0.717, 1.165) is 12.8 Å². The van der Waals surface area contributed by atoms with Crippen molar-refractivity contribution in [3.63, 3.8) is 0 Å². The van der Waals surface area contributed by atoms with Crippen molar-refractivity contribution in [2.45, 2.75) is 18.9 Å². The van der Waals surface area contributed by atoms with Crippen LogP contribution in [0.3, 0.4) is 0 Å². The number of aromatic nitrogens is 1. The number of amides is 2. The Hall–Kier alpha value is -4.28. The highest BCUT2D eigenvalue weighted by Gasteiger charge is 2.29. The van der Waals surface area contributed by atoms with Crippen molar-refractivity contribution in [3.8, 4) is 17.2 Å². The minimum absolute atomic E-state index is 0.00275. The van der Waals surface area contributed by atoms with Gasteiger partial charge in [0.1, 0.15) is 11.4 Å². The van der Waals surface area contributed by atoms with Crippen molar-refractivity contribution in [3.05, 3.63) is 57.6 Å². The summed E-state index contributed by atoms with van der Waals surface area (Å²) in [6, 6.07) is 6.32. The fourth-order valence-corrected chi connectivity index (χ4v) is 5.09. The topological polar surface area (TPSA) is 102 Å². The molecule has 0 unspecified atom stereocenters. The smallest absolute Gasteiger partial charge is 0.256 e. The molecule has 3 aromatic rings. The van der Waals surface area contributed by atoms with E-state index in [4.69, 9.17) is 14.2 Å². The van der Waals surface area contributed by atoms with Gasteiger partial charge >= 0.3 is 0 Å². The minimum Gasteiger partial charge on any atom is -0.493 e. The Kier molecular flexibility index (Phi) is 7.07. The number of halogens is 1. The Morgan fingerprint density at radius 3 is 2.13 bits per heavy atom. The molecule has 0 bridgehead atoms. The van der Waals surface area contributed by atoms with Gasteiger partial charge < -0.3 is 33.9 Å². The van der Waals surface area contributed by atoms with E-state index in [1.165, 1.54) is 34.4 Å². The number of methoxy groups -OCH3 is 3. The maximum atomic E-state index is 15.4. The quantitative estimate of drug-likeness (QED) is 0.494. The summed E-state index contributed by atoms with van der Waals surface area (Å²) in [5, 5.41) is 2.67. The third-order valence-electron chi connectivity index (χ3n) is 7.33. The van der Waals surface area contributed by atoms with Crippen LogP contribution in [0.15, 0.2) is 35.3 Å². The molecule has 10 nitrogen and oxygen atoms in total. The summed E-state index contributed by atoms with van der Waals surface area (Å²) >= 11 is 0. The molecular formula is C28H31FN4O6. The van der Waals surface area contributed by atoms with Gasteiger partial charge in [0, 0.05) is 56.4 Å². The van der Waals surface area contributed by atoms with Gasteiger partial charge in [0.2, 0.25) is 11.2 Å². The second-order valence-corrected chi connectivity index (χ2v) is 9.60.